The van der Waals surface area contributed by atoms with Gasteiger partial charge in [-0.2, -0.15) is 0 Å². The van der Waals surface area contributed by atoms with Gasteiger partial charge in [0.2, 0.25) is 0 Å². The van der Waals surface area contributed by atoms with E-state index < -0.39 is 0 Å². The summed E-state index contributed by atoms with van der Waals surface area (Å²) < 4.78 is 13.5. The van der Waals surface area contributed by atoms with E-state index in [2.05, 4.69) is 17.0 Å². The fraction of sp³-hybridized carbons (Fsp3) is 0.480. The Kier molecular flexibility index (Phi) is 6.73. The first-order valence-electron chi connectivity index (χ1n) is 11.1. The molecule has 0 amide bonds. The Morgan fingerprint density at radius 3 is 2.52 bits per heavy atom. The lowest BCUT2D eigenvalue weighted by Crippen LogP contribution is -2.30. The van der Waals surface area contributed by atoms with Gasteiger partial charge in [0.05, 0.1) is 5.69 Å². The van der Waals surface area contributed by atoms with Crippen LogP contribution < -0.4 is 0 Å². The van der Waals surface area contributed by atoms with E-state index in [-0.39, 0.29) is 12.4 Å². The zero-order valence-electron chi connectivity index (χ0n) is 17.2. The molecule has 4 rings (SSSR count). The number of nitrogens with zero attached hydrogens (tertiary/aromatic N) is 2. The topological polar surface area (TPSA) is 36.4 Å². The first kappa shape index (κ1) is 20.2. The van der Waals surface area contributed by atoms with Gasteiger partial charge < -0.3 is 5.11 Å². The van der Waals surface area contributed by atoms with Gasteiger partial charge in [-0.15, -0.1) is 0 Å². The van der Waals surface area contributed by atoms with E-state index in [0.29, 0.717) is 0 Å². The van der Waals surface area contributed by atoms with Crippen molar-refractivity contribution in [1.29, 1.82) is 0 Å². The molecule has 0 atom stereocenters. The van der Waals surface area contributed by atoms with Crippen LogP contribution >= 0.6 is 0 Å². The summed E-state index contributed by atoms with van der Waals surface area (Å²) in [5.41, 5.74) is 7.33. The van der Waals surface area contributed by atoms with E-state index in [1.54, 1.807) is 12.1 Å². The molecule has 3 nitrogen and oxygen atoms in total. The molecule has 0 spiro atoms. The lowest BCUT2D eigenvalue weighted by atomic mass is 9.89. The molecule has 1 aliphatic heterocycles. The van der Waals surface area contributed by atoms with Gasteiger partial charge >= 0.3 is 0 Å². The fourth-order valence-corrected chi connectivity index (χ4v) is 4.55. The van der Waals surface area contributed by atoms with Crippen molar-refractivity contribution in [2.24, 2.45) is 0 Å². The molecule has 0 fully saturated rings. The zero-order chi connectivity index (χ0) is 20.1. The SMILES string of the molecule is OCCCN1CC=C(c2cc(-c3ccc(F)cc3)c3c(n2)CCCCCC3)CC1. The molecular formula is C25H31FN2O. The summed E-state index contributed by atoms with van der Waals surface area (Å²) in [6, 6.07) is 9.16. The van der Waals surface area contributed by atoms with Crippen LogP contribution in [0.5, 0.6) is 0 Å². The maximum absolute atomic E-state index is 13.5. The van der Waals surface area contributed by atoms with Gasteiger partial charge in [-0.3, -0.25) is 9.88 Å². The number of halogens is 1. The van der Waals surface area contributed by atoms with Crippen molar-refractivity contribution in [2.45, 2.75) is 51.4 Å². The minimum atomic E-state index is -0.191. The van der Waals surface area contributed by atoms with Crippen molar-refractivity contribution in [2.75, 3.05) is 26.2 Å². The highest BCUT2D eigenvalue weighted by Gasteiger charge is 2.19. The minimum absolute atomic E-state index is 0.191. The van der Waals surface area contributed by atoms with Crippen molar-refractivity contribution in [3.8, 4) is 11.1 Å². The van der Waals surface area contributed by atoms with Crippen LogP contribution in [0.2, 0.25) is 0 Å². The maximum atomic E-state index is 13.5. The molecule has 0 bridgehead atoms. The Bertz CT molecular complexity index is 860. The normalized spacial score (nSPS) is 17.9. The number of hydrogen-bond donors (Lipinski definition) is 1. The van der Waals surface area contributed by atoms with E-state index in [4.69, 9.17) is 10.1 Å². The Labute approximate surface area is 173 Å². The Morgan fingerprint density at radius 2 is 1.79 bits per heavy atom. The Hall–Kier alpha value is -2.04. The summed E-state index contributed by atoms with van der Waals surface area (Å²) in [5, 5.41) is 9.06. The standard InChI is InChI=1S/C25H31FN2O/c26-21-10-8-19(9-11-21)23-18-25(20-12-15-28(16-13-20)14-5-17-29)27-24-7-4-2-1-3-6-22(23)24/h8-12,18,29H,1-7,13-17H2. The smallest absolute Gasteiger partial charge is 0.123 e. The molecule has 2 aliphatic rings. The van der Waals surface area contributed by atoms with E-state index in [1.165, 1.54) is 48.1 Å². The van der Waals surface area contributed by atoms with Crippen molar-refractivity contribution in [3.63, 3.8) is 0 Å². The summed E-state index contributed by atoms with van der Waals surface area (Å²) in [6.45, 7) is 3.12. The second-order valence-corrected chi connectivity index (χ2v) is 8.26. The molecule has 2 heterocycles. The third kappa shape index (κ3) is 4.93. The number of aromatic nitrogens is 1. The lowest BCUT2D eigenvalue weighted by molar-refractivity contribution is 0.236. The summed E-state index contributed by atoms with van der Waals surface area (Å²) in [6.07, 6.45) is 11.2. The third-order valence-electron chi connectivity index (χ3n) is 6.21. The van der Waals surface area contributed by atoms with Crippen LogP contribution in [0.15, 0.2) is 36.4 Å². The van der Waals surface area contributed by atoms with Crippen LogP contribution in [0.4, 0.5) is 4.39 Å². The second-order valence-electron chi connectivity index (χ2n) is 8.26. The molecule has 4 heteroatoms. The number of aliphatic hydroxyl groups excluding tert-OH is 1. The summed E-state index contributed by atoms with van der Waals surface area (Å²) in [4.78, 5) is 7.51. The average Bonchev–Trinajstić information content (AvgIpc) is 2.73. The monoisotopic (exact) mass is 394 g/mol. The van der Waals surface area contributed by atoms with Crippen LogP contribution in [-0.2, 0) is 12.8 Å². The molecule has 1 aromatic heterocycles. The molecule has 0 unspecified atom stereocenters. The van der Waals surface area contributed by atoms with E-state index in [0.717, 1.165) is 56.6 Å². The van der Waals surface area contributed by atoms with Crippen molar-refractivity contribution in [1.82, 2.24) is 9.88 Å². The highest BCUT2D eigenvalue weighted by atomic mass is 19.1. The van der Waals surface area contributed by atoms with Crippen LogP contribution in [-0.4, -0.2) is 41.2 Å². The highest BCUT2D eigenvalue weighted by molar-refractivity contribution is 5.74. The number of aryl methyl sites for hydroxylation is 1. The molecule has 1 N–H and O–H groups in total. The van der Waals surface area contributed by atoms with Crippen LogP contribution in [0.25, 0.3) is 16.7 Å². The first-order chi connectivity index (χ1) is 14.2. The molecule has 0 saturated carbocycles. The Morgan fingerprint density at radius 1 is 1.00 bits per heavy atom. The maximum Gasteiger partial charge on any atom is 0.123 e. The molecule has 1 aromatic carbocycles. The predicted molar refractivity (Wildman–Crippen MR) is 116 cm³/mol. The number of hydrogen-bond acceptors (Lipinski definition) is 3. The first-order valence-corrected chi connectivity index (χ1v) is 11.1. The van der Waals surface area contributed by atoms with Crippen molar-refractivity contribution < 1.29 is 9.50 Å². The third-order valence-corrected chi connectivity index (χ3v) is 6.21. The molecule has 0 radical (unpaired) electrons. The van der Waals surface area contributed by atoms with Crippen LogP contribution in [0.1, 0.15) is 55.5 Å². The second kappa shape index (κ2) is 9.64. The van der Waals surface area contributed by atoms with Crippen LogP contribution in [0.3, 0.4) is 0 Å². The van der Waals surface area contributed by atoms with Gasteiger partial charge in [0.1, 0.15) is 5.82 Å². The number of rotatable bonds is 5. The average molecular weight is 395 g/mol. The van der Waals surface area contributed by atoms with E-state index in [9.17, 15) is 4.39 Å². The molecule has 1 aliphatic carbocycles. The van der Waals surface area contributed by atoms with Crippen LogP contribution in [0, 0.1) is 5.82 Å². The molecule has 154 valence electrons. The van der Waals surface area contributed by atoms with E-state index >= 15 is 0 Å². The highest BCUT2D eigenvalue weighted by Crippen LogP contribution is 2.33. The molecule has 29 heavy (non-hydrogen) atoms. The van der Waals surface area contributed by atoms with Gasteiger partial charge in [-0.25, -0.2) is 4.39 Å². The van der Waals surface area contributed by atoms with Crippen molar-refractivity contribution in [3.05, 3.63) is 59.2 Å². The summed E-state index contributed by atoms with van der Waals surface area (Å²) in [5.74, 6) is -0.191. The number of fused-ring (bicyclic) bond motifs is 1. The van der Waals surface area contributed by atoms with Gasteiger partial charge in [-0.1, -0.05) is 31.1 Å². The molecular weight excluding hydrogens is 363 g/mol. The van der Waals surface area contributed by atoms with Gasteiger partial charge in [0, 0.05) is 31.9 Å². The quantitative estimate of drug-likeness (QED) is 0.774. The minimum Gasteiger partial charge on any atom is -0.396 e. The number of pyridine rings is 1. The van der Waals surface area contributed by atoms with Gasteiger partial charge in [0.15, 0.2) is 0 Å². The lowest BCUT2D eigenvalue weighted by Gasteiger charge is -2.27. The summed E-state index contributed by atoms with van der Waals surface area (Å²) >= 11 is 0. The fourth-order valence-electron chi connectivity index (χ4n) is 4.55. The van der Waals surface area contributed by atoms with E-state index in [1.807, 2.05) is 12.1 Å². The zero-order valence-corrected chi connectivity index (χ0v) is 17.2. The predicted octanol–water partition coefficient (Wildman–Crippen LogP) is 5.02. The van der Waals surface area contributed by atoms with Gasteiger partial charge in [0.25, 0.3) is 0 Å². The molecule has 0 saturated heterocycles. The summed E-state index contributed by atoms with van der Waals surface area (Å²) in [7, 11) is 0. The Balaban J connectivity index is 1.70. The van der Waals surface area contributed by atoms with Crippen molar-refractivity contribution >= 4 is 5.57 Å². The molecule has 2 aromatic rings. The van der Waals surface area contributed by atoms with Gasteiger partial charge in [-0.05, 0) is 79.0 Å². The number of aliphatic hydroxyl groups is 1. The largest absolute Gasteiger partial charge is 0.396 e. The number of benzene rings is 1.